The number of alkyl halides is 2. The molecule has 0 spiro atoms. The van der Waals surface area contributed by atoms with Gasteiger partial charge in [0.2, 0.25) is 27.7 Å². The Bertz CT molecular complexity index is 1980. The molecule has 5 atom stereocenters. The average molecular weight is 764 g/mol. The van der Waals surface area contributed by atoms with Crippen molar-refractivity contribution in [3.8, 4) is 17.4 Å². The van der Waals surface area contributed by atoms with Crippen LogP contribution in [0.15, 0.2) is 37.1 Å². The summed E-state index contributed by atoms with van der Waals surface area (Å²) in [6.07, 6.45) is -2.00. The Balaban J connectivity index is 1.30. The van der Waals surface area contributed by atoms with Crippen molar-refractivity contribution in [3.05, 3.63) is 37.1 Å². The van der Waals surface area contributed by atoms with Gasteiger partial charge in [0.05, 0.1) is 11.8 Å². The van der Waals surface area contributed by atoms with E-state index in [0.717, 1.165) is 0 Å². The van der Waals surface area contributed by atoms with E-state index < -0.39 is 86.0 Å². The van der Waals surface area contributed by atoms with E-state index in [1.165, 1.54) is 29.3 Å². The van der Waals surface area contributed by atoms with E-state index in [-0.39, 0.29) is 42.2 Å². The fourth-order valence-corrected chi connectivity index (χ4v) is 7.84. The molecule has 3 N–H and O–H groups in total. The van der Waals surface area contributed by atoms with Gasteiger partial charge in [0, 0.05) is 23.9 Å². The van der Waals surface area contributed by atoms with Crippen LogP contribution in [0, 0.1) is 11.3 Å². The Kier molecular flexibility index (Phi) is 9.31. The number of alkyl carbamates (subject to hydrolysis) is 1. The molecule has 3 heterocycles. The van der Waals surface area contributed by atoms with Gasteiger partial charge < -0.3 is 34.5 Å². The van der Waals surface area contributed by atoms with Gasteiger partial charge in [-0.25, -0.2) is 18.2 Å². The molecule has 6 rings (SSSR count). The van der Waals surface area contributed by atoms with Crippen molar-refractivity contribution in [1.29, 1.82) is 0 Å². The first-order valence-electron chi connectivity index (χ1n) is 17.2. The molecule has 4 amide bonds. The van der Waals surface area contributed by atoms with Crippen molar-refractivity contribution >= 4 is 44.6 Å². The van der Waals surface area contributed by atoms with Gasteiger partial charge in [0.1, 0.15) is 29.3 Å². The summed E-state index contributed by atoms with van der Waals surface area (Å²) in [5.74, 6) is -3.34. The van der Waals surface area contributed by atoms with Crippen LogP contribution in [0.3, 0.4) is 0 Å². The van der Waals surface area contributed by atoms with Crippen molar-refractivity contribution in [1.82, 2.24) is 25.2 Å². The third-order valence-electron chi connectivity index (χ3n) is 9.40. The van der Waals surface area contributed by atoms with Gasteiger partial charge in [-0.3, -0.25) is 19.1 Å². The van der Waals surface area contributed by atoms with Gasteiger partial charge in [-0.05, 0) is 69.0 Å². The topological polar surface area (TPSA) is 192 Å². The number of rotatable bonds is 10. The zero-order valence-corrected chi connectivity index (χ0v) is 31.0. The second-order valence-corrected chi connectivity index (χ2v) is 17.9. The molecule has 2 aliphatic heterocycles. The summed E-state index contributed by atoms with van der Waals surface area (Å²) in [7, 11) is -3.95. The van der Waals surface area contributed by atoms with Crippen molar-refractivity contribution < 1.29 is 55.3 Å². The van der Waals surface area contributed by atoms with Gasteiger partial charge in [-0.15, -0.1) is 15.4 Å². The molecule has 1 aromatic heterocycles. The molecule has 18 heteroatoms. The van der Waals surface area contributed by atoms with E-state index in [2.05, 4.69) is 36.4 Å². The molecule has 2 aromatic rings. The van der Waals surface area contributed by atoms with Crippen LogP contribution in [0.5, 0.6) is 17.4 Å². The Morgan fingerprint density at radius 3 is 2.34 bits per heavy atom. The lowest BCUT2D eigenvalue weighted by molar-refractivity contribution is -0.286. The minimum absolute atomic E-state index is 0.00290. The standard InChI is InChI=1S/C35H43F2N5O10S/c1-8-19-16-34(19,30(45)41-53(47,48)21-9-10-21)40-27(43)23-14-20(17-42(23)29(44)26(32(2,3)4)39-31(46)52-33(5,6)7)49-28-22-15-25-24(50-35(36,37)51-25)13-18(22)11-12-38-28/h8,11-13,15,19-21,23,26H,1,9-10,14,16-17H2,2-7H3,(H,39,46)(H,40,43)(H,41,45)/t19-,20?,23+,26-,34-/m1/s1. The van der Waals surface area contributed by atoms with E-state index in [4.69, 9.17) is 9.47 Å². The van der Waals surface area contributed by atoms with Crippen LogP contribution in [0.4, 0.5) is 13.6 Å². The van der Waals surface area contributed by atoms with E-state index >= 15 is 0 Å². The SMILES string of the molecule is C=C[C@@H]1C[C@]1(NC(=O)[C@@H]1CC(Oc2nccc3cc4c(cc23)OC(F)(F)O4)CN1C(=O)[C@@H](NC(=O)OC(C)(C)C)C(C)(C)C)C(=O)NS(=O)(=O)C1CC1. The number of carbonyl (C=O) groups excluding carboxylic acids is 4. The number of ether oxygens (including phenoxy) is 4. The van der Waals surface area contributed by atoms with Crippen LogP contribution >= 0.6 is 0 Å². The maximum Gasteiger partial charge on any atom is 0.586 e. The van der Waals surface area contributed by atoms with E-state index in [1.807, 2.05) is 0 Å². The van der Waals surface area contributed by atoms with Gasteiger partial charge >= 0.3 is 12.4 Å². The highest BCUT2D eigenvalue weighted by molar-refractivity contribution is 7.91. The number of fused-ring (bicyclic) bond motifs is 2. The second kappa shape index (κ2) is 13.0. The quantitative estimate of drug-likeness (QED) is 0.300. The molecular formula is C35H43F2N5O10S. The number of hydrogen-bond donors (Lipinski definition) is 3. The van der Waals surface area contributed by atoms with E-state index in [1.54, 1.807) is 47.6 Å². The van der Waals surface area contributed by atoms with Crippen LogP contribution in [-0.2, 0) is 29.1 Å². The van der Waals surface area contributed by atoms with Gasteiger partial charge in [0.25, 0.3) is 5.91 Å². The zero-order chi connectivity index (χ0) is 38.9. The maximum atomic E-state index is 14.4. The summed E-state index contributed by atoms with van der Waals surface area (Å²) in [6.45, 7) is 13.7. The molecule has 1 unspecified atom stereocenters. The zero-order valence-electron chi connectivity index (χ0n) is 30.2. The fraction of sp³-hybridized carbons (Fsp3) is 0.571. The van der Waals surface area contributed by atoms with Gasteiger partial charge in [-0.2, -0.15) is 0 Å². The summed E-state index contributed by atoms with van der Waals surface area (Å²) in [5.41, 5.74) is -3.40. The van der Waals surface area contributed by atoms with Crippen molar-refractivity contribution in [2.75, 3.05) is 6.54 Å². The lowest BCUT2D eigenvalue weighted by Crippen LogP contribution is -2.60. The number of hydrogen-bond acceptors (Lipinski definition) is 11. The number of sulfonamides is 1. The number of halogens is 2. The normalized spacial score (nSPS) is 25.3. The number of pyridine rings is 1. The predicted molar refractivity (Wildman–Crippen MR) is 184 cm³/mol. The Hall–Kier alpha value is -4.74. The maximum absolute atomic E-state index is 14.4. The lowest BCUT2D eigenvalue weighted by Gasteiger charge is -2.36. The van der Waals surface area contributed by atoms with E-state index in [9.17, 15) is 36.4 Å². The highest BCUT2D eigenvalue weighted by Crippen LogP contribution is 2.46. The Morgan fingerprint density at radius 2 is 1.75 bits per heavy atom. The molecule has 1 aromatic carbocycles. The number of likely N-dealkylation sites (tertiary alicyclic amines) is 1. The van der Waals surface area contributed by atoms with Crippen molar-refractivity contribution in [2.24, 2.45) is 11.3 Å². The average Bonchev–Trinajstić information content (AvgIpc) is 3.93. The minimum atomic E-state index is -3.95. The van der Waals surface area contributed by atoms with Gasteiger partial charge in [0.15, 0.2) is 11.5 Å². The number of amides is 4. The number of nitrogens with one attached hydrogen (secondary N) is 3. The molecule has 4 aliphatic rings. The van der Waals surface area contributed by atoms with Gasteiger partial charge in [-0.1, -0.05) is 26.8 Å². The number of benzene rings is 1. The lowest BCUT2D eigenvalue weighted by atomic mass is 9.85. The molecule has 1 saturated heterocycles. The number of aromatic nitrogens is 1. The fourth-order valence-electron chi connectivity index (χ4n) is 6.48. The summed E-state index contributed by atoms with van der Waals surface area (Å²) in [5, 5.41) is 5.38. The van der Waals surface area contributed by atoms with Crippen LogP contribution in [0.2, 0.25) is 0 Å². The number of nitrogens with zero attached hydrogens (tertiary/aromatic N) is 2. The summed E-state index contributed by atoms with van der Waals surface area (Å²) < 4.78 is 76.0. The molecule has 53 heavy (non-hydrogen) atoms. The summed E-state index contributed by atoms with van der Waals surface area (Å²) in [4.78, 5) is 60.5. The second-order valence-electron chi connectivity index (χ2n) is 15.9. The van der Waals surface area contributed by atoms with Crippen LogP contribution in [0.1, 0.15) is 67.2 Å². The summed E-state index contributed by atoms with van der Waals surface area (Å²) >= 11 is 0. The molecule has 2 saturated carbocycles. The molecule has 288 valence electrons. The van der Waals surface area contributed by atoms with Crippen LogP contribution < -0.4 is 29.6 Å². The van der Waals surface area contributed by atoms with Crippen LogP contribution in [-0.4, -0.2) is 89.5 Å². The molecule has 3 fully saturated rings. The largest absolute Gasteiger partial charge is 0.586 e. The molecule has 15 nitrogen and oxygen atoms in total. The number of carbonyl (C=O) groups is 4. The third kappa shape index (κ3) is 7.96. The monoisotopic (exact) mass is 763 g/mol. The first-order chi connectivity index (χ1) is 24.5. The molecule has 0 radical (unpaired) electrons. The third-order valence-corrected chi connectivity index (χ3v) is 11.2. The molecule has 2 aliphatic carbocycles. The highest BCUT2D eigenvalue weighted by atomic mass is 32.2. The van der Waals surface area contributed by atoms with Crippen molar-refractivity contribution in [3.63, 3.8) is 0 Å². The molecular weight excluding hydrogens is 720 g/mol. The first-order valence-corrected chi connectivity index (χ1v) is 18.7. The Morgan fingerprint density at radius 1 is 1.09 bits per heavy atom. The molecule has 0 bridgehead atoms. The van der Waals surface area contributed by atoms with E-state index in [0.29, 0.717) is 18.2 Å². The smallest absolute Gasteiger partial charge is 0.472 e. The Labute approximate surface area is 305 Å². The van der Waals surface area contributed by atoms with Crippen molar-refractivity contribution in [2.45, 2.75) is 108 Å². The van der Waals surface area contributed by atoms with Crippen LogP contribution in [0.25, 0.3) is 10.8 Å². The summed E-state index contributed by atoms with van der Waals surface area (Å²) in [6, 6.07) is 1.71. The predicted octanol–water partition coefficient (Wildman–Crippen LogP) is 3.51. The highest BCUT2D eigenvalue weighted by Gasteiger charge is 2.62. The first kappa shape index (κ1) is 38.0. The minimum Gasteiger partial charge on any atom is -0.472 e.